The minimum Gasteiger partial charge on any atom is -0.439 e. The molecule has 122 valence electrons. The lowest BCUT2D eigenvalue weighted by Crippen LogP contribution is -2.10. The summed E-state index contributed by atoms with van der Waals surface area (Å²) < 4.78 is 7.24. The Morgan fingerprint density at radius 2 is 2.20 bits per heavy atom. The van der Waals surface area contributed by atoms with Crippen molar-refractivity contribution in [1.82, 2.24) is 19.7 Å². The van der Waals surface area contributed by atoms with E-state index in [-0.39, 0.29) is 11.7 Å². The number of Topliss-reactive ketones (excluding diaryl/α,β-unsaturated/α-hetero) is 1. The summed E-state index contributed by atoms with van der Waals surface area (Å²) in [4.78, 5) is 21.6. The lowest BCUT2D eigenvalue weighted by Gasteiger charge is -2.00. The van der Waals surface area contributed by atoms with Gasteiger partial charge in [0.05, 0.1) is 17.1 Å². The maximum absolute atomic E-state index is 12.7. The van der Waals surface area contributed by atoms with Gasteiger partial charge in [-0.25, -0.2) is 9.97 Å². The predicted octanol–water partition coefficient (Wildman–Crippen LogP) is 3.17. The van der Waals surface area contributed by atoms with Crippen molar-refractivity contribution in [1.29, 1.82) is 5.26 Å². The number of carbonyl (C=O) groups is 1. The molecule has 1 aromatic carbocycles. The molecule has 4 aromatic rings. The van der Waals surface area contributed by atoms with Crippen LogP contribution in [-0.2, 0) is 7.05 Å². The standard InChI is InChI=1S/C17H11N5O2S/c1-22-9-10(7-20-22)17-19-8-14(25-17)15(23)11(6-18)16-21-12-4-2-3-5-13(12)24-16/h2-5,7-9,11H,1H3. The number of nitrogens with zero attached hydrogens (tertiary/aromatic N) is 5. The van der Waals surface area contributed by atoms with Crippen LogP contribution in [0.5, 0.6) is 0 Å². The molecular formula is C17H11N5O2S. The lowest BCUT2D eigenvalue weighted by atomic mass is 10.1. The summed E-state index contributed by atoms with van der Waals surface area (Å²) >= 11 is 1.22. The van der Waals surface area contributed by atoms with Crippen LogP contribution in [0.2, 0.25) is 0 Å². The molecule has 3 heterocycles. The largest absolute Gasteiger partial charge is 0.439 e. The molecule has 0 bridgehead atoms. The molecule has 1 atom stereocenters. The SMILES string of the molecule is Cn1cc(-c2ncc(C(=O)C(C#N)c3nc4ccccc4o3)s2)cn1. The molecule has 8 heteroatoms. The van der Waals surface area contributed by atoms with Crippen LogP contribution in [0.15, 0.2) is 47.3 Å². The average molecular weight is 349 g/mol. The Morgan fingerprint density at radius 3 is 2.92 bits per heavy atom. The molecule has 0 amide bonds. The van der Waals surface area contributed by atoms with E-state index in [4.69, 9.17) is 4.42 Å². The third kappa shape index (κ3) is 2.70. The van der Waals surface area contributed by atoms with Crippen molar-refractivity contribution in [2.75, 3.05) is 0 Å². The summed E-state index contributed by atoms with van der Waals surface area (Å²) in [6.45, 7) is 0. The number of fused-ring (bicyclic) bond motifs is 1. The van der Waals surface area contributed by atoms with E-state index in [0.717, 1.165) is 5.56 Å². The zero-order chi connectivity index (χ0) is 17.4. The van der Waals surface area contributed by atoms with Crippen molar-refractivity contribution < 1.29 is 9.21 Å². The molecule has 0 fully saturated rings. The van der Waals surface area contributed by atoms with Gasteiger partial charge in [0.1, 0.15) is 10.5 Å². The van der Waals surface area contributed by atoms with Crippen LogP contribution in [0.3, 0.4) is 0 Å². The number of rotatable bonds is 4. The number of hydrogen-bond acceptors (Lipinski definition) is 7. The van der Waals surface area contributed by atoms with Gasteiger partial charge in [-0.15, -0.1) is 11.3 Å². The quantitative estimate of drug-likeness (QED) is 0.525. The summed E-state index contributed by atoms with van der Waals surface area (Å²) in [5.74, 6) is -1.37. The average Bonchev–Trinajstić information content (AvgIpc) is 3.33. The predicted molar refractivity (Wildman–Crippen MR) is 91.0 cm³/mol. The first kappa shape index (κ1) is 15.2. The highest BCUT2D eigenvalue weighted by Gasteiger charge is 2.28. The van der Waals surface area contributed by atoms with Gasteiger partial charge in [0, 0.05) is 25.0 Å². The summed E-state index contributed by atoms with van der Waals surface area (Å²) in [6, 6.07) is 9.14. The molecule has 3 aromatic heterocycles. The molecule has 0 N–H and O–H groups in total. The summed E-state index contributed by atoms with van der Waals surface area (Å²) in [7, 11) is 1.81. The Balaban J connectivity index is 1.66. The topological polar surface area (TPSA) is 97.6 Å². The minimum atomic E-state index is -1.10. The second kappa shape index (κ2) is 5.96. The first-order valence-electron chi connectivity index (χ1n) is 7.40. The molecule has 0 saturated heterocycles. The number of ketones is 1. The fourth-order valence-electron chi connectivity index (χ4n) is 2.43. The molecule has 0 radical (unpaired) electrons. The molecular weight excluding hydrogens is 338 g/mol. The molecule has 25 heavy (non-hydrogen) atoms. The van der Waals surface area contributed by atoms with Gasteiger partial charge in [0.15, 0.2) is 11.5 Å². The van der Waals surface area contributed by atoms with Gasteiger partial charge in [-0.2, -0.15) is 10.4 Å². The first-order chi connectivity index (χ1) is 12.2. The Kier molecular flexibility index (Phi) is 3.63. The van der Waals surface area contributed by atoms with Gasteiger partial charge in [0.25, 0.3) is 0 Å². The minimum absolute atomic E-state index is 0.102. The van der Waals surface area contributed by atoms with E-state index in [1.165, 1.54) is 17.5 Å². The second-order valence-electron chi connectivity index (χ2n) is 5.38. The molecule has 0 aliphatic carbocycles. The van der Waals surface area contributed by atoms with Crippen LogP contribution in [0, 0.1) is 11.3 Å². The second-order valence-corrected chi connectivity index (χ2v) is 6.41. The maximum atomic E-state index is 12.7. The molecule has 7 nitrogen and oxygen atoms in total. The van der Waals surface area contributed by atoms with E-state index in [0.29, 0.717) is 21.0 Å². The summed E-state index contributed by atoms with van der Waals surface area (Å²) in [5.41, 5.74) is 1.98. The lowest BCUT2D eigenvalue weighted by molar-refractivity contribution is 0.0974. The molecule has 0 saturated carbocycles. The number of oxazole rings is 1. The highest BCUT2D eigenvalue weighted by molar-refractivity contribution is 7.17. The van der Waals surface area contributed by atoms with E-state index < -0.39 is 5.92 Å². The normalized spacial score (nSPS) is 12.2. The Morgan fingerprint density at radius 1 is 1.36 bits per heavy atom. The van der Waals surface area contributed by atoms with Crippen LogP contribution in [0.25, 0.3) is 21.7 Å². The number of benzene rings is 1. The van der Waals surface area contributed by atoms with Crippen molar-refractivity contribution in [2.45, 2.75) is 5.92 Å². The van der Waals surface area contributed by atoms with E-state index in [1.807, 2.05) is 31.4 Å². The van der Waals surface area contributed by atoms with Gasteiger partial charge in [-0.05, 0) is 12.1 Å². The zero-order valence-corrected chi connectivity index (χ0v) is 13.9. The van der Waals surface area contributed by atoms with Crippen LogP contribution in [-0.4, -0.2) is 25.5 Å². The molecule has 0 aliphatic rings. The van der Waals surface area contributed by atoms with Gasteiger partial charge in [-0.1, -0.05) is 12.1 Å². The van der Waals surface area contributed by atoms with E-state index in [2.05, 4.69) is 15.1 Å². The summed E-state index contributed by atoms with van der Waals surface area (Å²) in [6.07, 6.45) is 4.97. The molecule has 0 aliphatic heterocycles. The number of hydrogen-bond donors (Lipinski definition) is 0. The highest BCUT2D eigenvalue weighted by Crippen LogP contribution is 2.29. The van der Waals surface area contributed by atoms with Crippen LogP contribution < -0.4 is 0 Å². The highest BCUT2D eigenvalue weighted by atomic mass is 32.1. The monoisotopic (exact) mass is 349 g/mol. The molecule has 1 unspecified atom stereocenters. The third-order valence-corrected chi connectivity index (χ3v) is 4.71. The zero-order valence-electron chi connectivity index (χ0n) is 13.1. The number of thiazole rings is 1. The van der Waals surface area contributed by atoms with Crippen molar-refractivity contribution >= 4 is 28.2 Å². The van der Waals surface area contributed by atoms with E-state index >= 15 is 0 Å². The Bertz CT molecular complexity index is 1080. The van der Waals surface area contributed by atoms with E-state index in [1.54, 1.807) is 23.0 Å². The van der Waals surface area contributed by atoms with Gasteiger partial charge in [0.2, 0.25) is 11.7 Å². The smallest absolute Gasteiger partial charge is 0.220 e. The van der Waals surface area contributed by atoms with Crippen LogP contribution in [0.4, 0.5) is 0 Å². The Hall–Kier alpha value is -3.31. The number of carbonyl (C=O) groups excluding carboxylic acids is 1. The fourth-order valence-corrected chi connectivity index (χ4v) is 3.30. The van der Waals surface area contributed by atoms with Crippen molar-refractivity contribution in [2.24, 2.45) is 7.05 Å². The first-order valence-corrected chi connectivity index (χ1v) is 8.21. The van der Waals surface area contributed by atoms with Gasteiger partial charge < -0.3 is 4.42 Å². The third-order valence-electron chi connectivity index (χ3n) is 3.65. The molecule has 4 rings (SSSR count). The van der Waals surface area contributed by atoms with E-state index in [9.17, 15) is 10.1 Å². The fraction of sp³-hybridized carbons (Fsp3) is 0.118. The Labute approximate surface area is 146 Å². The van der Waals surface area contributed by atoms with Crippen LogP contribution in [0.1, 0.15) is 21.5 Å². The van der Waals surface area contributed by atoms with Crippen molar-refractivity contribution in [3.05, 3.63) is 53.6 Å². The number of aromatic nitrogens is 4. The molecule has 0 spiro atoms. The van der Waals surface area contributed by atoms with Gasteiger partial charge >= 0.3 is 0 Å². The van der Waals surface area contributed by atoms with Crippen LogP contribution >= 0.6 is 11.3 Å². The van der Waals surface area contributed by atoms with Gasteiger partial charge in [-0.3, -0.25) is 9.48 Å². The number of aryl methyl sites for hydroxylation is 1. The van der Waals surface area contributed by atoms with Crippen molar-refractivity contribution in [3.63, 3.8) is 0 Å². The van der Waals surface area contributed by atoms with Crippen molar-refractivity contribution in [3.8, 4) is 16.6 Å². The number of nitriles is 1. The number of para-hydroxylation sites is 2. The summed E-state index contributed by atoms with van der Waals surface area (Å²) in [5, 5.41) is 14.2. The maximum Gasteiger partial charge on any atom is 0.220 e.